The molecule has 0 spiro atoms. The lowest BCUT2D eigenvalue weighted by molar-refractivity contribution is -0.144. The molecule has 0 aliphatic carbocycles. The number of ketones is 1. The second kappa shape index (κ2) is 10.4. The third-order valence-electron chi connectivity index (χ3n) is 6.87. The molecule has 3 saturated heterocycles. The summed E-state index contributed by atoms with van der Waals surface area (Å²) in [5.41, 5.74) is 0.758. The fourth-order valence-electron chi connectivity index (χ4n) is 4.88. The fraction of sp³-hybridized carbons (Fsp3) is 0.625. The molecule has 3 fully saturated rings. The highest BCUT2D eigenvalue weighted by molar-refractivity contribution is 5.98. The maximum Gasteiger partial charge on any atom is 0.227 e. The number of hydrogen-bond acceptors (Lipinski definition) is 5. The number of Topliss-reactive ketones (excluding diaryl/α,β-unsaturated/α-hetero) is 1. The van der Waals surface area contributed by atoms with Crippen LogP contribution in [0.4, 0.5) is 0 Å². The Morgan fingerprint density at radius 1 is 0.903 bits per heavy atom. The van der Waals surface area contributed by atoms with E-state index in [1.807, 2.05) is 40.1 Å². The lowest BCUT2D eigenvalue weighted by atomic mass is 9.88. The Morgan fingerprint density at radius 3 is 2.32 bits per heavy atom. The summed E-state index contributed by atoms with van der Waals surface area (Å²) in [5, 5.41) is 0. The fourth-order valence-corrected chi connectivity index (χ4v) is 4.88. The lowest BCUT2D eigenvalue weighted by Crippen LogP contribution is -2.51. The average molecular weight is 428 g/mol. The number of benzene rings is 1. The standard InChI is InChI=1S/C24H33N3O4/c28-22-7-6-21(18-27(22)13-12-25-14-16-31-17-15-25)24(30)26-10-8-20(9-11-26)23(29)19-4-2-1-3-5-19/h1-5,20-21H,6-18H2/t21-/m1/s1. The van der Waals surface area contributed by atoms with Gasteiger partial charge in [-0.1, -0.05) is 30.3 Å². The second-order valence-corrected chi connectivity index (χ2v) is 8.86. The van der Waals surface area contributed by atoms with Gasteiger partial charge in [-0.25, -0.2) is 0 Å². The Kier molecular flexibility index (Phi) is 7.35. The van der Waals surface area contributed by atoms with Crippen LogP contribution in [0.25, 0.3) is 0 Å². The molecular weight excluding hydrogens is 394 g/mol. The van der Waals surface area contributed by atoms with Gasteiger partial charge < -0.3 is 14.5 Å². The van der Waals surface area contributed by atoms with Crippen molar-refractivity contribution in [3.05, 3.63) is 35.9 Å². The van der Waals surface area contributed by atoms with Crippen LogP contribution in [-0.2, 0) is 14.3 Å². The zero-order valence-electron chi connectivity index (χ0n) is 18.2. The van der Waals surface area contributed by atoms with E-state index >= 15 is 0 Å². The number of likely N-dealkylation sites (tertiary alicyclic amines) is 2. The van der Waals surface area contributed by atoms with Crippen molar-refractivity contribution < 1.29 is 19.1 Å². The minimum Gasteiger partial charge on any atom is -0.379 e. The number of carbonyl (C=O) groups is 3. The van der Waals surface area contributed by atoms with Crippen LogP contribution in [0.15, 0.2) is 30.3 Å². The van der Waals surface area contributed by atoms with E-state index in [1.54, 1.807) is 0 Å². The van der Waals surface area contributed by atoms with Gasteiger partial charge in [0.2, 0.25) is 11.8 Å². The van der Waals surface area contributed by atoms with Gasteiger partial charge in [-0.3, -0.25) is 19.3 Å². The van der Waals surface area contributed by atoms with Gasteiger partial charge in [0.1, 0.15) is 0 Å². The predicted molar refractivity (Wildman–Crippen MR) is 117 cm³/mol. The van der Waals surface area contributed by atoms with E-state index < -0.39 is 0 Å². The second-order valence-electron chi connectivity index (χ2n) is 8.86. The number of rotatable bonds is 6. The topological polar surface area (TPSA) is 70.2 Å². The average Bonchev–Trinajstić information content (AvgIpc) is 2.84. The van der Waals surface area contributed by atoms with Crippen LogP contribution >= 0.6 is 0 Å². The van der Waals surface area contributed by atoms with Crippen LogP contribution in [0.2, 0.25) is 0 Å². The SMILES string of the molecule is O=C(c1ccccc1)C1CCN(C(=O)[C@@H]2CCC(=O)N(CCN3CCOCC3)C2)CC1. The first-order chi connectivity index (χ1) is 15.1. The Labute approximate surface area is 184 Å². The lowest BCUT2D eigenvalue weighted by Gasteiger charge is -2.38. The zero-order valence-corrected chi connectivity index (χ0v) is 18.2. The number of amides is 2. The Bertz CT molecular complexity index is 770. The molecule has 2 amide bonds. The molecule has 0 aromatic heterocycles. The first-order valence-electron chi connectivity index (χ1n) is 11.6. The summed E-state index contributed by atoms with van der Waals surface area (Å²) < 4.78 is 5.38. The molecule has 3 aliphatic rings. The molecular formula is C24H33N3O4. The highest BCUT2D eigenvalue weighted by atomic mass is 16.5. The van der Waals surface area contributed by atoms with Gasteiger partial charge in [-0.15, -0.1) is 0 Å². The zero-order chi connectivity index (χ0) is 21.6. The summed E-state index contributed by atoms with van der Waals surface area (Å²) in [5.74, 6) is 0.359. The van der Waals surface area contributed by atoms with Gasteiger partial charge in [0, 0.05) is 63.7 Å². The number of carbonyl (C=O) groups excluding carboxylic acids is 3. The third-order valence-corrected chi connectivity index (χ3v) is 6.87. The summed E-state index contributed by atoms with van der Waals surface area (Å²) in [6.07, 6.45) is 2.51. The summed E-state index contributed by atoms with van der Waals surface area (Å²) in [7, 11) is 0. The molecule has 0 radical (unpaired) electrons. The number of morpholine rings is 1. The van der Waals surface area contributed by atoms with Crippen molar-refractivity contribution in [2.24, 2.45) is 11.8 Å². The molecule has 0 bridgehead atoms. The van der Waals surface area contributed by atoms with Gasteiger partial charge >= 0.3 is 0 Å². The maximum absolute atomic E-state index is 13.1. The number of hydrogen-bond donors (Lipinski definition) is 0. The monoisotopic (exact) mass is 427 g/mol. The molecule has 1 aromatic rings. The van der Waals surface area contributed by atoms with E-state index in [-0.39, 0.29) is 29.4 Å². The molecule has 0 saturated carbocycles. The van der Waals surface area contributed by atoms with Crippen LogP contribution < -0.4 is 0 Å². The van der Waals surface area contributed by atoms with E-state index in [2.05, 4.69) is 4.90 Å². The Balaban J connectivity index is 1.26. The molecule has 31 heavy (non-hydrogen) atoms. The molecule has 1 atom stereocenters. The van der Waals surface area contributed by atoms with Crippen molar-refractivity contribution in [2.75, 3.05) is 59.0 Å². The van der Waals surface area contributed by atoms with Crippen molar-refractivity contribution >= 4 is 17.6 Å². The quantitative estimate of drug-likeness (QED) is 0.646. The summed E-state index contributed by atoms with van der Waals surface area (Å²) >= 11 is 0. The molecule has 7 nitrogen and oxygen atoms in total. The predicted octanol–water partition coefficient (Wildman–Crippen LogP) is 1.68. The van der Waals surface area contributed by atoms with Gasteiger partial charge in [-0.2, -0.15) is 0 Å². The van der Waals surface area contributed by atoms with Crippen molar-refractivity contribution in [1.82, 2.24) is 14.7 Å². The van der Waals surface area contributed by atoms with Crippen LogP contribution in [0, 0.1) is 11.8 Å². The van der Waals surface area contributed by atoms with E-state index in [9.17, 15) is 14.4 Å². The van der Waals surface area contributed by atoms with E-state index in [4.69, 9.17) is 4.74 Å². The molecule has 0 N–H and O–H groups in total. The van der Waals surface area contributed by atoms with Gasteiger partial charge in [0.05, 0.1) is 19.1 Å². The Hall–Kier alpha value is -2.25. The number of ether oxygens (including phenoxy) is 1. The molecule has 3 aliphatic heterocycles. The van der Waals surface area contributed by atoms with Gasteiger partial charge in [0.15, 0.2) is 5.78 Å². The minimum absolute atomic E-state index is 0.00981. The van der Waals surface area contributed by atoms with Crippen LogP contribution in [0.3, 0.4) is 0 Å². The number of nitrogens with zero attached hydrogens (tertiary/aromatic N) is 3. The van der Waals surface area contributed by atoms with Crippen molar-refractivity contribution in [3.8, 4) is 0 Å². The van der Waals surface area contributed by atoms with Gasteiger partial charge in [-0.05, 0) is 19.3 Å². The molecule has 3 heterocycles. The normalized spacial score (nSPS) is 23.7. The van der Waals surface area contributed by atoms with Crippen molar-refractivity contribution in [1.29, 1.82) is 0 Å². The molecule has 0 unspecified atom stereocenters. The first kappa shape index (κ1) is 22.0. The summed E-state index contributed by atoms with van der Waals surface area (Å²) in [6, 6.07) is 9.42. The Morgan fingerprint density at radius 2 is 1.61 bits per heavy atom. The number of piperidine rings is 2. The highest BCUT2D eigenvalue weighted by Gasteiger charge is 2.35. The minimum atomic E-state index is -0.122. The highest BCUT2D eigenvalue weighted by Crippen LogP contribution is 2.26. The molecule has 168 valence electrons. The van der Waals surface area contributed by atoms with Gasteiger partial charge in [0.25, 0.3) is 0 Å². The van der Waals surface area contributed by atoms with E-state index in [0.717, 1.165) is 38.4 Å². The molecule has 4 rings (SSSR count). The van der Waals surface area contributed by atoms with Crippen molar-refractivity contribution in [3.63, 3.8) is 0 Å². The molecule has 7 heteroatoms. The third kappa shape index (κ3) is 5.52. The van der Waals surface area contributed by atoms with Crippen molar-refractivity contribution in [2.45, 2.75) is 25.7 Å². The van der Waals surface area contributed by atoms with E-state index in [1.165, 1.54) is 0 Å². The van der Waals surface area contributed by atoms with Crippen LogP contribution in [-0.4, -0.2) is 91.3 Å². The van der Waals surface area contributed by atoms with Crippen LogP contribution in [0.1, 0.15) is 36.0 Å². The summed E-state index contributed by atoms with van der Waals surface area (Å²) in [4.78, 5) is 44.3. The molecule has 1 aromatic carbocycles. The smallest absolute Gasteiger partial charge is 0.227 e. The van der Waals surface area contributed by atoms with E-state index in [0.29, 0.717) is 51.9 Å². The van der Waals surface area contributed by atoms with Crippen LogP contribution in [0.5, 0.6) is 0 Å². The summed E-state index contributed by atoms with van der Waals surface area (Å²) in [6.45, 7) is 6.59. The largest absolute Gasteiger partial charge is 0.379 e. The maximum atomic E-state index is 13.1. The first-order valence-corrected chi connectivity index (χ1v) is 11.6.